The first-order valence-corrected chi connectivity index (χ1v) is 7.18. The summed E-state index contributed by atoms with van der Waals surface area (Å²) in [4.78, 5) is 8.91. The molecule has 1 unspecified atom stereocenters. The summed E-state index contributed by atoms with van der Waals surface area (Å²) >= 11 is 0. The summed E-state index contributed by atoms with van der Waals surface area (Å²) in [6, 6.07) is 5.81. The van der Waals surface area contributed by atoms with Gasteiger partial charge in [-0.3, -0.25) is 4.98 Å². The number of allylic oxidation sites excluding steroid dienone is 1. The van der Waals surface area contributed by atoms with Gasteiger partial charge in [-0.05, 0) is 38.0 Å². The number of alkyl halides is 1. The number of halogens is 1. The minimum atomic E-state index is -0.743. The van der Waals surface area contributed by atoms with Crippen LogP contribution < -0.4 is 0 Å². The smallest absolute Gasteiger partial charge is 0.0973 e. The number of nitrogens with zero attached hydrogens (tertiary/aromatic N) is 2. The molecule has 2 nitrogen and oxygen atoms in total. The molecule has 108 valence electrons. The van der Waals surface area contributed by atoms with Crippen molar-refractivity contribution in [2.75, 3.05) is 0 Å². The average Bonchev–Trinajstić information content (AvgIpc) is 2.47. The molecule has 0 aliphatic rings. The van der Waals surface area contributed by atoms with Crippen LogP contribution in [-0.2, 0) is 6.42 Å². The van der Waals surface area contributed by atoms with Crippen LogP contribution in [0.3, 0.4) is 0 Å². The Labute approximate surface area is 125 Å². The van der Waals surface area contributed by atoms with Crippen molar-refractivity contribution in [2.45, 2.75) is 38.8 Å². The second kappa shape index (κ2) is 7.54. The monoisotopic (exact) mass is 282 g/mol. The second-order valence-electron chi connectivity index (χ2n) is 5.03. The Kier molecular flexibility index (Phi) is 5.45. The molecule has 1 atom stereocenters. The van der Waals surface area contributed by atoms with Gasteiger partial charge < -0.3 is 0 Å². The maximum absolute atomic E-state index is 12.6. The predicted octanol–water partition coefficient (Wildman–Crippen LogP) is 4.24. The second-order valence-corrected chi connectivity index (χ2v) is 5.03. The fourth-order valence-electron chi connectivity index (χ4n) is 2.01. The molecule has 0 fully saturated rings. The minimum absolute atomic E-state index is 0.573. The van der Waals surface area contributed by atoms with Crippen LogP contribution in [0.25, 0.3) is 11.0 Å². The van der Waals surface area contributed by atoms with Crippen molar-refractivity contribution in [1.29, 1.82) is 0 Å². The molecule has 1 aromatic heterocycles. The first kappa shape index (κ1) is 15.2. The molecule has 1 aromatic carbocycles. The zero-order valence-electron chi connectivity index (χ0n) is 12.3. The molecule has 21 heavy (non-hydrogen) atoms. The molecule has 0 aliphatic carbocycles. The van der Waals surface area contributed by atoms with Crippen LogP contribution >= 0.6 is 0 Å². The Morgan fingerprint density at radius 2 is 2.24 bits per heavy atom. The molecule has 1 heterocycles. The fraction of sp³-hybridized carbons (Fsp3) is 0.333. The normalized spacial score (nSPS) is 11.7. The Hall–Kier alpha value is -2.21. The van der Waals surface area contributed by atoms with Crippen LogP contribution in [0.1, 0.15) is 37.4 Å². The van der Waals surface area contributed by atoms with Crippen molar-refractivity contribution < 1.29 is 4.39 Å². The lowest BCUT2D eigenvalue weighted by atomic mass is 10.1. The van der Waals surface area contributed by atoms with Crippen LogP contribution in [0.2, 0.25) is 0 Å². The first-order valence-electron chi connectivity index (χ1n) is 7.18. The quantitative estimate of drug-likeness (QED) is 0.466. The van der Waals surface area contributed by atoms with Gasteiger partial charge in [-0.25, -0.2) is 9.37 Å². The highest BCUT2D eigenvalue weighted by Crippen LogP contribution is 2.12. The Balaban J connectivity index is 2.07. The molecular weight excluding hydrogens is 263 g/mol. The van der Waals surface area contributed by atoms with E-state index in [1.165, 1.54) is 0 Å². The predicted molar refractivity (Wildman–Crippen MR) is 84.7 cm³/mol. The molecule has 3 heteroatoms. The summed E-state index contributed by atoms with van der Waals surface area (Å²) in [5, 5.41) is 0. The van der Waals surface area contributed by atoms with E-state index in [4.69, 9.17) is 0 Å². The van der Waals surface area contributed by atoms with Gasteiger partial charge in [0.05, 0.1) is 22.9 Å². The number of rotatable bonds is 5. The van der Waals surface area contributed by atoms with Gasteiger partial charge in [0.15, 0.2) is 0 Å². The van der Waals surface area contributed by atoms with Gasteiger partial charge in [0.2, 0.25) is 0 Å². The fourth-order valence-corrected chi connectivity index (χ4v) is 2.01. The van der Waals surface area contributed by atoms with E-state index in [1.54, 1.807) is 13.1 Å². The molecule has 0 saturated heterocycles. The van der Waals surface area contributed by atoms with Crippen molar-refractivity contribution in [3.05, 3.63) is 48.3 Å². The third-order valence-electron chi connectivity index (χ3n) is 3.08. The highest BCUT2D eigenvalue weighted by atomic mass is 19.1. The van der Waals surface area contributed by atoms with Gasteiger partial charge in [0.25, 0.3) is 0 Å². The van der Waals surface area contributed by atoms with E-state index in [0.717, 1.165) is 41.6 Å². The van der Waals surface area contributed by atoms with Gasteiger partial charge in [0, 0.05) is 24.6 Å². The van der Waals surface area contributed by atoms with Gasteiger partial charge in [-0.1, -0.05) is 17.9 Å². The van der Waals surface area contributed by atoms with Crippen molar-refractivity contribution >= 4 is 11.0 Å². The standard InChI is InChI=1S/C18H19FN2/c1-3-7-16-13-20-18-12-15(10-11-17(18)21-16)9-6-4-5-8-14(2)19/h3,10-14H,1,4-5,7-8H2,2H3. The third-order valence-corrected chi connectivity index (χ3v) is 3.08. The van der Waals surface area contributed by atoms with E-state index in [0.29, 0.717) is 6.42 Å². The van der Waals surface area contributed by atoms with Gasteiger partial charge in [-0.2, -0.15) is 0 Å². The van der Waals surface area contributed by atoms with Crippen molar-refractivity contribution in [2.24, 2.45) is 0 Å². The van der Waals surface area contributed by atoms with E-state index in [-0.39, 0.29) is 0 Å². The zero-order chi connectivity index (χ0) is 15.1. The first-order chi connectivity index (χ1) is 10.2. The average molecular weight is 282 g/mol. The van der Waals surface area contributed by atoms with Gasteiger partial charge in [0.1, 0.15) is 0 Å². The van der Waals surface area contributed by atoms with Crippen molar-refractivity contribution in [3.8, 4) is 11.8 Å². The zero-order valence-corrected chi connectivity index (χ0v) is 12.3. The summed E-state index contributed by atoms with van der Waals surface area (Å²) in [5.74, 6) is 6.17. The van der Waals surface area contributed by atoms with E-state index < -0.39 is 6.17 Å². The summed E-state index contributed by atoms with van der Waals surface area (Å²) in [6.45, 7) is 5.28. The van der Waals surface area contributed by atoms with E-state index >= 15 is 0 Å². The minimum Gasteiger partial charge on any atom is -0.253 e. The highest BCUT2D eigenvalue weighted by molar-refractivity contribution is 5.75. The number of hydrogen-bond donors (Lipinski definition) is 0. The molecule has 0 N–H and O–H groups in total. The topological polar surface area (TPSA) is 25.8 Å². The van der Waals surface area contributed by atoms with Crippen LogP contribution in [0.4, 0.5) is 4.39 Å². The molecule has 0 amide bonds. The molecule has 0 aliphatic heterocycles. The van der Waals surface area contributed by atoms with Crippen molar-refractivity contribution in [3.63, 3.8) is 0 Å². The summed E-state index contributed by atoms with van der Waals surface area (Å²) < 4.78 is 12.6. The highest BCUT2D eigenvalue weighted by Gasteiger charge is 2.00. The molecular formula is C18H19FN2. The maximum atomic E-state index is 12.6. The number of fused-ring (bicyclic) bond motifs is 1. The Bertz CT molecular complexity index is 680. The molecule has 2 aromatic rings. The summed E-state index contributed by atoms with van der Waals surface area (Å²) in [5.41, 5.74) is 3.54. The molecule has 0 bridgehead atoms. The lowest BCUT2D eigenvalue weighted by molar-refractivity contribution is 0.336. The number of hydrogen-bond acceptors (Lipinski definition) is 2. The van der Waals surface area contributed by atoms with Crippen LogP contribution in [0.15, 0.2) is 37.1 Å². The number of unbranched alkanes of at least 4 members (excludes halogenated alkanes) is 1. The number of benzene rings is 1. The number of aromatic nitrogens is 2. The van der Waals surface area contributed by atoms with Gasteiger partial charge >= 0.3 is 0 Å². The van der Waals surface area contributed by atoms with Gasteiger partial charge in [-0.15, -0.1) is 6.58 Å². The van der Waals surface area contributed by atoms with E-state index in [2.05, 4.69) is 28.4 Å². The van der Waals surface area contributed by atoms with Crippen LogP contribution in [-0.4, -0.2) is 16.1 Å². The van der Waals surface area contributed by atoms with Crippen molar-refractivity contribution in [1.82, 2.24) is 9.97 Å². The lowest BCUT2D eigenvalue weighted by Crippen LogP contribution is -1.92. The Morgan fingerprint density at radius 1 is 1.38 bits per heavy atom. The summed E-state index contributed by atoms with van der Waals surface area (Å²) in [6.07, 6.45) is 5.64. The molecule has 2 rings (SSSR count). The molecule has 0 spiro atoms. The van der Waals surface area contributed by atoms with Crippen LogP contribution in [0, 0.1) is 11.8 Å². The Morgan fingerprint density at radius 3 is 3.00 bits per heavy atom. The summed E-state index contributed by atoms with van der Waals surface area (Å²) in [7, 11) is 0. The largest absolute Gasteiger partial charge is 0.253 e. The molecule has 0 radical (unpaired) electrons. The molecule has 0 saturated carbocycles. The van der Waals surface area contributed by atoms with E-state index in [1.807, 2.05) is 24.3 Å². The third kappa shape index (κ3) is 4.68. The SMILES string of the molecule is C=CCc1cnc2cc(C#CCCCC(C)F)ccc2n1. The lowest BCUT2D eigenvalue weighted by Gasteiger charge is -2.00. The maximum Gasteiger partial charge on any atom is 0.0973 e. The van der Waals surface area contributed by atoms with E-state index in [9.17, 15) is 4.39 Å². The van der Waals surface area contributed by atoms with Crippen LogP contribution in [0.5, 0.6) is 0 Å².